The van der Waals surface area contributed by atoms with Crippen molar-refractivity contribution in [3.05, 3.63) is 78.0 Å². The fraction of sp³-hybridized carbons (Fsp3) is 0.310. The monoisotopic (exact) mass is 419 g/mol. The van der Waals surface area contributed by atoms with Crippen molar-refractivity contribution in [2.45, 2.75) is 46.1 Å². The van der Waals surface area contributed by atoms with E-state index in [0.29, 0.717) is 5.56 Å². The van der Waals surface area contributed by atoms with E-state index >= 15 is 0 Å². The molecule has 1 fully saturated rings. The maximum absolute atomic E-state index is 9.21. The summed E-state index contributed by atoms with van der Waals surface area (Å²) in [6, 6.07) is 23.1. The molecule has 0 aliphatic heterocycles. The zero-order chi connectivity index (χ0) is 22.1. The molecule has 1 saturated carbocycles. The third kappa shape index (κ3) is 4.06. The molecule has 0 saturated heterocycles. The van der Waals surface area contributed by atoms with Gasteiger partial charge in [-0.15, -0.1) is 0 Å². The van der Waals surface area contributed by atoms with Gasteiger partial charge in [0.15, 0.2) is 0 Å². The van der Waals surface area contributed by atoms with Crippen molar-refractivity contribution < 1.29 is 0 Å². The molecule has 0 spiro atoms. The highest BCUT2D eigenvalue weighted by molar-refractivity contribution is 5.90. The highest BCUT2D eigenvalue weighted by Gasteiger charge is 2.20. The quantitative estimate of drug-likeness (QED) is 0.346. The van der Waals surface area contributed by atoms with Gasteiger partial charge in [-0.05, 0) is 61.4 Å². The standard InChI is InChI=1S/C29H29N3/c1-20-3-7-23(8-4-20)19-32-16-15-27-28(32)17-26(24-13-9-22(18-30)10-14-24)29(31-27)25-11-5-21(2)6-12-25/h5-6,9-17,20,23H,3-4,7-8,19H2,1-2H3. The predicted octanol–water partition coefficient (Wildman–Crippen LogP) is 7.38. The lowest BCUT2D eigenvalue weighted by atomic mass is 9.83. The first-order chi connectivity index (χ1) is 15.6. The maximum atomic E-state index is 9.21. The van der Waals surface area contributed by atoms with Crippen LogP contribution in [0.1, 0.15) is 43.7 Å². The summed E-state index contributed by atoms with van der Waals surface area (Å²) in [5.74, 6) is 1.62. The van der Waals surface area contributed by atoms with Crippen LogP contribution < -0.4 is 0 Å². The van der Waals surface area contributed by atoms with Gasteiger partial charge in [-0.1, -0.05) is 61.7 Å². The van der Waals surface area contributed by atoms with Crippen LogP contribution in [0.25, 0.3) is 33.4 Å². The van der Waals surface area contributed by atoms with Crippen molar-refractivity contribution in [3.63, 3.8) is 0 Å². The van der Waals surface area contributed by atoms with Crippen molar-refractivity contribution in [2.24, 2.45) is 11.8 Å². The topological polar surface area (TPSA) is 41.6 Å². The van der Waals surface area contributed by atoms with Gasteiger partial charge < -0.3 is 4.57 Å². The first-order valence-electron chi connectivity index (χ1n) is 11.7. The van der Waals surface area contributed by atoms with Crippen molar-refractivity contribution in [3.8, 4) is 28.5 Å². The van der Waals surface area contributed by atoms with Crippen LogP contribution in [-0.2, 0) is 6.54 Å². The lowest BCUT2D eigenvalue weighted by molar-refractivity contribution is 0.267. The van der Waals surface area contributed by atoms with E-state index in [1.807, 2.05) is 24.3 Å². The Morgan fingerprint density at radius 1 is 0.938 bits per heavy atom. The normalized spacial score (nSPS) is 18.5. The molecule has 0 unspecified atom stereocenters. The molecule has 2 aromatic heterocycles. The Bertz CT molecular complexity index is 1270. The van der Waals surface area contributed by atoms with Gasteiger partial charge in [0.05, 0.1) is 28.4 Å². The Hall–Kier alpha value is -3.38. The van der Waals surface area contributed by atoms with E-state index in [1.54, 1.807) is 0 Å². The third-order valence-electron chi connectivity index (χ3n) is 6.99. The molecule has 2 aromatic carbocycles. The molecule has 2 heterocycles. The lowest BCUT2D eigenvalue weighted by Gasteiger charge is -2.26. The summed E-state index contributed by atoms with van der Waals surface area (Å²) in [6.07, 6.45) is 7.53. The summed E-state index contributed by atoms with van der Waals surface area (Å²) in [6.45, 7) is 5.55. The number of benzene rings is 2. The molecule has 0 radical (unpaired) electrons. The number of fused-ring (bicyclic) bond motifs is 1. The molecule has 0 amide bonds. The van der Waals surface area contributed by atoms with Crippen LogP contribution in [0.4, 0.5) is 0 Å². The predicted molar refractivity (Wildman–Crippen MR) is 131 cm³/mol. The highest BCUT2D eigenvalue weighted by Crippen LogP contribution is 2.35. The van der Waals surface area contributed by atoms with Gasteiger partial charge >= 0.3 is 0 Å². The van der Waals surface area contributed by atoms with Crippen LogP contribution >= 0.6 is 0 Å². The number of nitriles is 1. The average Bonchev–Trinajstić information content (AvgIpc) is 3.22. The van der Waals surface area contributed by atoms with E-state index in [1.165, 1.54) is 36.8 Å². The molecule has 0 N–H and O–H groups in total. The van der Waals surface area contributed by atoms with Gasteiger partial charge in [0.1, 0.15) is 0 Å². The first kappa shape index (κ1) is 20.5. The van der Waals surface area contributed by atoms with Gasteiger partial charge in [-0.2, -0.15) is 5.26 Å². The van der Waals surface area contributed by atoms with E-state index in [-0.39, 0.29) is 0 Å². The molecule has 1 aliphatic carbocycles. The van der Waals surface area contributed by atoms with Gasteiger partial charge in [-0.25, -0.2) is 4.98 Å². The number of nitrogens with zero attached hydrogens (tertiary/aromatic N) is 3. The summed E-state index contributed by atoms with van der Waals surface area (Å²) < 4.78 is 2.40. The van der Waals surface area contributed by atoms with Crippen molar-refractivity contribution in [1.82, 2.24) is 9.55 Å². The number of aromatic nitrogens is 2. The summed E-state index contributed by atoms with van der Waals surface area (Å²) in [4.78, 5) is 5.13. The number of aryl methyl sites for hydroxylation is 1. The summed E-state index contributed by atoms with van der Waals surface area (Å²) in [7, 11) is 0. The maximum Gasteiger partial charge on any atom is 0.0991 e. The summed E-state index contributed by atoms with van der Waals surface area (Å²) in [5, 5.41) is 9.21. The van der Waals surface area contributed by atoms with E-state index in [4.69, 9.17) is 4.98 Å². The molecule has 3 heteroatoms. The molecule has 32 heavy (non-hydrogen) atoms. The van der Waals surface area contributed by atoms with Gasteiger partial charge in [0.25, 0.3) is 0 Å². The van der Waals surface area contributed by atoms with Gasteiger partial charge in [0.2, 0.25) is 0 Å². The number of hydrogen-bond acceptors (Lipinski definition) is 2. The minimum atomic E-state index is 0.676. The fourth-order valence-corrected chi connectivity index (χ4v) is 4.94. The van der Waals surface area contributed by atoms with Crippen molar-refractivity contribution in [2.75, 3.05) is 0 Å². The fourth-order valence-electron chi connectivity index (χ4n) is 4.94. The molecule has 0 atom stereocenters. The molecular weight excluding hydrogens is 390 g/mol. The van der Waals surface area contributed by atoms with Crippen LogP contribution in [-0.4, -0.2) is 9.55 Å². The number of hydrogen-bond donors (Lipinski definition) is 0. The third-order valence-corrected chi connectivity index (χ3v) is 6.99. The SMILES string of the molecule is Cc1ccc(-c2nc3ccn(CC4CCC(C)CC4)c3cc2-c2ccc(C#N)cc2)cc1. The molecule has 4 aromatic rings. The molecule has 5 rings (SSSR count). The molecule has 160 valence electrons. The summed E-state index contributed by atoms with van der Waals surface area (Å²) in [5.41, 5.74) is 8.46. The Morgan fingerprint density at radius 2 is 1.62 bits per heavy atom. The van der Waals surface area contributed by atoms with Crippen molar-refractivity contribution >= 4 is 11.0 Å². The number of rotatable bonds is 4. The van der Waals surface area contributed by atoms with E-state index in [0.717, 1.165) is 46.3 Å². The van der Waals surface area contributed by atoms with Crippen LogP contribution in [0.2, 0.25) is 0 Å². The van der Waals surface area contributed by atoms with Gasteiger partial charge in [0, 0.05) is 23.9 Å². The second-order valence-electron chi connectivity index (χ2n) is 9.44. The first-order valence-corrected chi connectivity index (χ1v) is 11.7. The average molecular weight is 420 g/mol. The second kappa shape index (κ2) is 8.63. The second-order valence-corrected chi connectivity index (χ2v) is 9.44. The largest absolute Gasteiger partial charge is 0.346 e. The molecule has 1 aliphatic rings. The van der Waals surface area contributed by atoms with Crippen molar-refractivity contribution in [1.29, 1.82) is 5.26 Å². The van der Waals surface area contributed by atoms with Crippen LogP contribution in [0.15, 0.2) is 66.9 Å². The van der Waals surface area contributed by atoms with Crippen LogP contribution in [0.5, 0.6) is 0 Å². The Balaban J connectivity index is 1.60. The van der Waals surface area contributed by atoms with Crippen LogP contribution in [0.3, 0.4) is 0 Å². The van der Waals surface area contributed by atoms with E-state index in [2.05, 4.69) is 67.1 Å². The Morgan fingerprint density at radius 3 is 2.31 bits per heavy atom. The molecule has 3 nitrogen and oxygen atoms in total. The van der Waals surface area contributed by atoms with E-state index in [9.17, 15) is 5.26 Å². The minimum absolute atomic E-state index is 0.676. The lowest BCUT2D eigenvalue weighted by Crippen LogP contribution is -2.17. The molecule has 0 bridgehead atoms. The van der Waals surface area contributed by atoms with Gasteiger partial charge in [-0.3, -0.25) is 0 Å². The summed E-state index contributed by atoms with van der Waals surface area (Å²) >= 11 is 0. The molecular formula is C29H29N3. The zero-order valence-corrected chi connectivity index (χ0v) is 18.9. The number of pyridine rings is 1. The van der Waals surface area contributed by atoms with E-state index < -0.39 is 0 Å². The Labute approximate surface area is 190 Å². The zero-order valence-electron chi connectivity index (χ0n) is 18.9. The van der Waals surface area contributed by atoms with Crippen LogP contribution in [0, 0.1) is 30.1 Å². The Kier molecular flexibility index (Phi) is 5.53. The highest BCUT2D eigenvalue weighted by atomic mass is 15.0. The minimum Gasteiger partial charge on any atom is -0.346 e. The smallest absolute Gasteiger partial charge is 0.0991 e.